The first kappa shape index (κ1) is 18.5. The molecule has 0 aliphatic carbocycles. The van der Waals surface area contributed by atoms with Crippen molar-refractivity contribution in [1.82, 2.24) is 5.32 Å². The number of hydrogen-bond acceptors (Lipinski definition) is 4. The fourth-order valence-electron chi connectivity index (χ4n) is 2.49. The van der Waals surface area contributed by atoms with E-state index in [0.29, 0.717) is 36.4 Å². The Morgan fingerprint density at radius 2 is 1.85 bits per heavy atom. The van der Waals surface area contributed by atoms with E-state index >= 15 is 0 Å². The molecule has 0 atom stereocenters. The van der Waals surface area contributed by atoms with Crippen molar-refractivity contribution in [1.29, 1.82) is 0 Å². The summed E-state index contributed by atoms with van der Waals surface area (Å²) in [5.41, 5.74) is 1.14. The van der Waals surface area contributed by atoms with E-state index in [1.54, 1.807) is 13.1 Å². The van der Waals surface area contributed by atoms with Gasteiger partial charge in [-0.3, -0.25) is 9.79 Å². The summed E-state index contributed by atoms with van der Waals surface area (Å²) in [6.07, 6.45) is 0.834. The van der Waals surface area contributed by atoms with Crippen molar-refractivity contribution in [2.24, 2.45) is 4.99 Å². The molecule has 1 heterocycles. The van der Waals surface area contributed by atoms with Gasteiger partial charge < -0.3 is 25.4 Å². The zero-order chi connectivity index (χ0) is 19.1. The second-order valence-electron chi connectivity index (χ2n) is 5.82. The molecule has 1 aliphatic rings. The van der Waals surface area contributed by atoms with Crippen LogP contribution in [0.15, 0.2) is 47.5 Å². The topological polar surface area (TPSA) is 84.0 Å². The molecule has 0 radical (unpaired) electrons. The number of hydrogen-bond donors (Lipinski definition) is 3. The lowest BCUT2D eigenvalue weighted by molar-refractivity contribution is -0.115. The summed E-state index contributed by atoms with van der Waals surface area (Å²) in [5, 5.41) is 8.61. The number of aliphatic imine (C=N–C) groups is 1. The fraction of sp³-hybridized carbons (Fsp3) is 0.263. The molecular weight excluding hydrogens is 351 g/mol. The highest BCUT2D eigenvalue weighted by Crippen LogP contribution is 2.32. The average Bonchev–Trinajstić information content (AvgIpc) is 2.90. The molecule has 2 aromatic carbocycles. The van der Waals surface area contributed by atoms with Crippen LogP contribution >= 0.6 is 0 Å². The van der Waals surface area contributed by atoms with Crippen LogP contribution < -0.4 is 25.4 Å². The van der Waals surface area contributed by atoms with Gasteiger partial charge in [0.1, 0.15) is 5.82 Å². The number of ether oxygens (including phenoxy) is 2. The van der Waals surface area contributed by atoms with Crippen LogP contribution in [0.4, 0.5) is 15.8 Å². The van der Waals surface area contributed by atoms with Gasteiger partial charge in [-0.1, -0.05) is 6.07 Å². The normalized spacial score (nSPS) is 13.5. The molecule has 1 aliphatic heterocycles. The minimum absolute atomic E-state index is 0.0270. The van der Waals surface area contributed by atoms with E-state index in [4.69, 9.17) is 9.47 Å². The lowest BCUT2D eigenvalue weighted by Gasteiger charge is -2.14. The monoisotopic (exact) mass is 372 g/mol. The summed E-state index contributed by atoms with van der Waals surface area (Å²) >= 11 is 0. The predicted octanol–water partition coefficient (Wildman–Crippen LogP) is 2.61. The van der Waals surface area contributed by atoms with E-state index in [1.807, 2.05) is 18.2 Å². The molecule has 0 saturated heterocycles. The Kier molecular flexibility index (Phi) is 6.09. The van der Waals surface area contributed by atoms with Gasteiger partial charge in [-0.05, 0) is 30.3 Å². The molecule has 0 aromatic heterocycles. The molecule has 0 saturated carbocycles. The number of nitrogens with one attached hydrogen (secondary N) is 3. The van der Waals surface area contributed by atoms with Crippen LogP contribution in [0, 0.1) is 5.82 Å². The Morgan fingerprint density at radius 3 is 2.63 bits per heavy atom. The second-order valence-corrected chi connectivity index (χ2v) is 5.82. The van der Waals surface area contributed by atoms with Crippen LogP contribution in [0.1, 0.15) is 6.42 Å². The molecule has 142 valence electrons. The quantitative estimate of drug-likeness (QED) is 0.568. The predicted molar refractivity (Wildman–Crippen MR) is 102 cm³/mol. The maximum Gasteiger partial charge on any atom is 0.243 e. The van der Waals surface area contributed by atoms with Crippen molar-refractivity contribution in [3.8, 4) is 11.5 Å². The Morgan fingerprint density at radius 1 is 1.07 bits per heavy atom. The standard InChI is InChI=1S/C19H21FN4O3/c1-21-19(22-12-18(25)23-14-5-2-4-13(20)10-14)24-15-6-7-16-17(11-15)27-9-3-8-26-16/h2,4-7,10-11H,3,8-9,12H2,1H3,(H,23,25)(H2,21,22,24). The lowest BCUT2D eigenvalue weighted by atomic mass is 10.3. The smallest absolute Gasteiger partial charge is 0.243 e. The van der Waals surface area contributed by atoms with Gasteiger partial charge in [0, 0.05) is 30.9 Å². The van der Waals surface area contributed by atoms with Crippen molar-refractivity contribution in [3.05, 3.63) is 48.3 Å². The van der Waals surface area contributed by atoms with E-state index < -0.39 is 5.82 Å². The van der Waals surface area contributed by atoms with Gasteiger partial charge in [0.25, 0.3) is 0 Å². The number of fused-ring (bicyclic) bond motifs is 1. The maximum atomic E-state index is 13.2. The summed E-state index contributed by atoms with van der Waals surface area (Å²) in [7, 11) is 1.60. The Bertz CT molecular complexity index is 841. The first-order chi connectivity index (χ1) is 13.1. The lowest BCUT2D eigenvalue weighted by Crippen LogP contribution is -2.37. The van der Waals surface area contributed by atoms with Gasteiger partial charge in [0.05, 0.1) is 19.8 Å². The molecule has 8 heteroatoms. The summed E-state index contributed by atoms with van der Waals surface area (Å²) < 4.78 is 24.4. The van der Waals surface area contributed by atoms with E-state index in [9.17, 15) is 9.18 Å². The number of amides is 1. The number of carbonyl (C=O) groups excluding carboxylic acids is 1. The van der Waals surface area contributed by atoms with Crippen LogP contribution in [0.3, 0.4) is 0 Å². The molecule has 0 unspecified atom stereocenters. The van der Waals surface area contributed by atoms with Crippen LogP contribution in [0.2, 0.25) is 0 Å². The van der Waals surface area contributed by atoms with Gasteiger partial charge in [0.15, 0.2) is 17.5 Å². The van der Waals surface area contributed by atoms with Gasteiger partial charge >= 0.3 is 0 Å². The fourth-order valence-corrected chi connectivity index (χ4v) is 2.49. The van der Waals surface area contributed by atoms with Gasteiger partial charge in [-0.15, -0.1) is 0 Å². The number of carbonyl (C=O) groups is 1. The molecule has 3 N–H and O–H groups in total. The van der Waals surface area contributed by atoms with Crippen LogP contribution in [0.5, 0.6) is 11.5 Å². The zero-order valence-electron chi connectivity index (χ0n) is 14.9. The molecule has 2 aromatic rings. The number of guanidine groups is 1. The van der Waals surface area contributed by atoms with E-state index in [-0.39, 0.29) is 12.5 Å². The molecule has 27 heavy (non-hydrogen) atoms. The number of halogens is 1. The van der Waals surface area contributed by atoms with Crippen LogP contribution in [0.25, 0.3) is 0 Å². The van der Waals surface area contributed by atoms with Crippen LogP contribution in [-0.2, 0) is 4.79 Å². The minimum atomic E-state index is -0.410. The van der Waals surface area contributed by atoms with E-state index in [2.05, 4.69) is 20.9 Å². The van der Waals surface area contributed by atoms with Gasteiger partial charge in [-0.25, -0.2) is 4.39 Å². The number of nitrogens with zero attached hydrogens (tertiary/aromatic N) is 1. The van der Waals surface area contributed by atoms with Crippen molar-refractivity contribution in [2.45, 2.75) is 6.42 Å². The molecule has 0 spiro atoms. The highest BCUT2D eigenvalue weighted by molar-refractivity contribution is 5.99. The number of benzene rings is 2. The van der Waals surface area contributed by atoms with E-state index in [0.717, 1.165) is 12.1 Å². The Hall–Kier alpha value is -3.29. The second kappa shape index (κ2) is 8.88. The van der Waals surface area contributed by atoms with E-state index in [1.165, 1.54) is 18.2 Å². The molecule has 0 fully saturated rings. The molecule has 3 rings (SSSR count). The summed E-state index contributed by atoms with van der Waals surface area (Å²) in [4.78, 5) is 16.1. The molecule has 0 bridgehead atoms. The SMILES string of the molecule is CN=C(NCC(=O)Nc1cccc(F)c1)Nc1ccc2c(c1)OCCCO2. The van der Waals surface area contributed by atoms with Crippen molar-refractivity contribution in [2.75, 3.05) is 37.4 Å². The summed E-state index contributed by atoms with van der Waals surface area (Å²) in [6.45, 7) is 1.20. The molecule has 7 nitrogen and oxygen atoms in total. The van der Waals surface area contributed by atoms with Crippen LogP contribution in [-0.4, -0.2) is 38.7 Å². The number of rotatable bonds is 4. The maximum absolute atomic E-state index is 13.2. The highest BCUT2D eigenvalue weighted by Gasteiger charge is 2.12. The Balaban J connectivity index is 1.55. The van der Waals surface area contributed by atoms with Gasteiger partial charge in [0.2, 0.25) is 5.91 Å². The largest absolute Gasteiger partial charge is 0.490 e. The molecular formula is C19H21FN4O3. The zero-order valence-corrected chi connectivity index (χ0v) is 14.9. The van der Waals surface area contributed by atoms with Crippen molar-refractivity contribution >= 4 is 23.2 Å². The first-order valence-electron chi connectivity index (χ1n) is 8.57. The average molecular weight is 372 g/mol. The highest BCUT2D eigenvalue weighted by atomic mass is 19.1. The van der Waals surface area contributed by atoms with Crippen molar-refractivity contribution < 1.29 is 18.7 Å². The minimum Gasteiger partial charge on any atom is -0.490 e. The third kappa shape index (κ3) is 5.34. The summed E-state index contributed by atoms with van der Waals surface area (Å²) in [6, 6.07) is 11.2. The molecule has 1 amide bonds. The third-order valence-corrected chi connectivity index (χ3v) is 3.76. The van der Waals surface area contributed by atoms with Crippen molar-refractivity contribution in [3.63, 3.8) is 0 Å². The van der Waals surface area contributed by atoms with Gasteiger partial charge in [-0.2, -0.15) is 0 Å². The third-order valence-electron chi connectivity index (χ3n) is 3.76. The Labute approximate surface area is 156 Å². The number of anilines is 2. The summed E-state index contributed by atoms with van der Waals surface area (Å²) in [5.74, 6) is 1.06. The first-order valence-corrected chi connectivity index (χ1v) is 8.57.